The maximum absolute atomic E-state index is 12.2. The third kappa shape index (κ3) is 2.93. The van der Waals surface area contributed by atoms with Gasteiger partial charge in [-0.3, -0.25) is 0 Å². The Bertz CT molecular complexity index is 722. The molecule has 0 saturated carbocycles. The minimum Gasteiger partial charge on any atom is -0.469 e. The van der Waals surface area contributed by atoms with Gasteiger partial charge in [-0.2, -0.15) is 13.2 Å². The second-order valence-corrected chi connectivity index (χ2v) is 4.52. The first-order valence-electron chi connectivity index (χ1n) is 5.59. The molecular weight excluding hydrogens is 289 g/mol. The number of rotatable bonds is 3. The first-order valence-corrected chi connectivity index (χ1v) is 6.00. The predicted molar refractivity (Wildman–Crippen MR) is 75.2 cm³/mol. The number of hydrogen-bond acceptors (Lipinski definition) is 3. The normalized spacial score (nSPS) is 11.6. The largest absolute Gasteiger partial charge is 0.469 e. The molecule has 3 N–H and O–H groups in total. The van der Waals surface area contributed by atoms with Crippen LogP contribution in [0.25, 0.3) is 17.0 Å². The topological polar surface area (TPSA) is 51.0 Å². The zero-order valence-corrected chi connectivity index (χ0v) is 11.1. The van der Waals surface area contributed by atoms with Crippen molar-refractivity contribution < 1.29 is 17.9 Å². The molecule has 0 aliphatic carbocycles. The Morgan fingerprint density at radius 2 is 2.10 bits per heavy atom. The van der Waals surface area contributed by atoms with Gasteiger partial charge in [0.1, 0.15) is 0 Å². The summed E-state index contributed by atoms with van der Waals surface area (Å²) in [5, 5.41) is 0.670. The van der Waals surface area contributed by atoms with E-state index in [1.165, 1.54) is 6.08 Å². The number of anilines is 1. The van der Waals surface area contributed by atoms with Crippen LogP contribution < -0.4 is 10.5 Å². The van der Waals surface area contributed by atoms with Crippen LogP contribution in [0, 0.1) is 4.51 Å². The molecule has 2 aromatic rings. The third-order valence-electron chi connectivity index (χ3n) is 2.61. The van der Waals surface area contributed by atoms with E-state index in [9.17, 15) is 13.2 Å². The SMILES string of the molecule is C=Cc1c(OCC(F)(F)F)[nH]c2cc(N)ccc2c1=S. The van der Waals surface area contributed by atoms with Crippen molar-refractivity contribution in [1.29, 1.82) is 0 Å². The predicted octanol–water partition coefficient (Wildman–Crippen LogP) is 4.06. The van der Waals surface area contributed by atoms with Crippen molar-refractivity contribution in [1.82, 2.24) is 4.98 Å². The van der Waals surface area contributed by atoms with Crippen molar-refractivity contribution in [3.63, 3.8) is 0 Å². The monoisotopic (exact) mass is 300 g/mol. The first kappa shape index (κ1) is 14.4. The van der Waals surface area contributed by atoms with Crippen LogP contribution in [0.5, 0.6) is 5.88 Å². The molecule has 106 valence electrons. The maximum Gasteiger partial charge on any atom is 0.422 e. The molecule has 3 nitrogen and oxygen atoms in total. The number of benzene rings is 1. The number of H-pyrrole nitrogens is 1. The number of aromatic nitrogens is 1. The lowest BCUT2D eigenvalue weighted by atomic mass is 10.1. The number of aromatic amines is 1. The molecule has 0 fully saturated rings. The number of fused-ring (bicyclic) bond motifs is 1. The molecule has 0 aliphatic heterocycles. The van der Waals surface area contributed by atoms with Gasteiger partial charge in [0, 0.05) is 11.1 Å². The van der Waals surface area contributed by atoms with Crippen molar-refractivity contribution in [2.24, 2.45) is 0 Å². The molecule has 0 amide bonds. The molecule has 0 aliphatic rings. The average Bonchev–Trinajstić information content (AvgIpc) is 2.35. The van der Waals surface area contributed by atoms with Gasteiger partial charge in [-0.15, -0.1) is 0 Å². The Labute approximate surface area is 117 Å². The molecular formula is C13H11F3N2OS. The van der Waals surface area contributed by atoms with Crippen molar-refractivity contribution >= 4 is 34.9 Å². The van der Waals surface area contributed by atoms with E-state index in [2.05, 4.69) is 11.6 Å². The van der Waals surface area contributed by atoms with Gasteiger partial charge in [-0.05, 0) is 18.2 Å². The highest BCUT2D eigenvalue weighted by Crippen LogP contribution is 2.28. The number of alkyl halides is 3. The minimum atomic E-state index is -4.43. The Balaban J connectivity index is 2.58. The number of hydrogen-bond donors (Lipinski definition) is 2. The quantitative estimate of drug-likeness (QED) is 0.664. The van der Waals surface area contributed by atoms with Gasteiger partial charge >= 0.3 is 6.18 Å². The van der Waals surface area contributed by atoms with Crippen LogP contribution in [0.15, 0.2) is 24.8 Å². The van der Waals surface area contributed by atoms with Gasteiger partial charge < -0.3 is 15.5 Å². The van der Waals surface area contributed by atoms with Crippen LogP contribution in [0.4, 0.5) is 18.9 Å². The van der Waals surface area contributed by atoms with Gasteiger partial charge in [0.15, 0.2) is 12.5 Å². The highest BCUT2D eigenvalue weighted by Gasteiger charge is 2.29. The summed E-state index contributed by atoms with van der Waals surface area (Å²) >= 11 is 5.24. The summed E-state index contributed by atoms with van der Waals surface area (Å²) in [5.74, 6) is -0.0691. The molecule has 7 heteroatoms. The van der Waals surface area contributed by atoms with Crippen molar-refractivity contribution in [3.05, 3.63) is 34.9 Å². The van der Waals surface area contributed by atoms with E-state index in [0.29, 0.717) is 26.7 Å². The lowest BCUT2D eigenvalue weighted by molar-refractivity contribution is -0.154. The minimum absolute atomic E-state index is 0.0691. The molecule has 1 heterocycles. The third-order valence-corrected chi connectivity index (χ3v) is 3.05. The van der Waals surface area contributed by atoms with Crippen LogP contribution >= 0.6 is 12.2 Å². The number of pyridine rings is 1. The summed E-state index contributed by atoms with van der Waals surface area (Å²) in [6, 6.07) is 4.94. The molecule has 2 rings (SSSR count). The summed E-state index contributed by atoms with van der Waals surface area (Å²) in [7, 11) is 0. The van der Waals surface area contributed by atoms with E-state index in [0.717, 1.165) is 0 Å². The van der Waals surface area contributed by atoms with E-state index in [-0.39, 0.29) is 5.88 Å². The zero-order chi connectivity index (χ0) is 14.9. The van der Waals surface area contributed by atoms with Crippen LogP contribution in [-0.4, -0.2) is 17.8 Å². The Hall–Kier alpha value is -2.02. The number of ether oxygens (including phenoxy) is 1. The summed E-state index contributed by atoms with van der Waals surface area (Å²) in [6.45, 7) is 2.14. The summed E-state index contributed by atoms with van der Waals surface area (Å²) in [4.78, 5) is 2.76. The fraction of sp³-hybridized carbons (Fsp3) is 0.154. The fourth-order valence-electron chi connectivity index (χ4n) is 1.75. The van der Waals surface area contributed by atoms with Crippen LogP contribution in [-0.2, 0) is 0 Å². The van der Waals surface area contributed by atoms with Crippen LogP contribution in [0.2, 0.25) is 0 Å². The van der Waals surface area contributed by atoms with Crippen molar-refractivity contribution in [2.75, 3.05) is 12.3 Å². The second-order valence-electron chi connectivity index (χ2n) is 4.11. The molecule has 0 bridgehead atoms. The highest BCUT2D eigenvalue weighted by atomic mass is 32.1. The number of nitrogens with two attached hydrogens (primary N) is 1. The maximum atomic E-state index is 12.2. The van der Waals surface area contributed by atoms with E-state index in [1.807, 2.05) is 0 Å². The number of nitrogen functional groups attached to an aromatic ring is 1. The molecule has 1 aromatic heterocycles. The Morgan fingerprint density at radius 1 is 1.40 bits per heavy atom. The van der Waals surface area contributed by atoms with Gasteiger partial charge in [-0.1, -0.05) is 24.9 Å². The van der Waals surface area contributed by atoms with Crippen molar-refractivity contribution in [3.8, 4) is 5.88 Å². The van der Waals surface area contributed by atoms with E-state index >= 15 is 0 Å². The Morgan fingerprint density at radius 3 is 2.70 bits per heavy atom. The molecule has 0 radical (unpaired) electrons. The number of nitrogens with one attached hydrogen (secondary N) is 1. The standard InChI is InChI=1S/C13H11F3N2OS/c1-2-8-11(20)9-4-3-7(17)5-10(9)18-12(8)19-6-13(14,15)16/h2-5H,1,6,17H2,(H,18,20). The van der Waals surface area contributed by atoms with Crippen molar-refractivity contribution in [2.45, 2.75) is 6.18 Å². The van der Waals surface area contributed by atoms with Gasteiger partial charge in [0.05, 0.1) is 15.6 Å². The lowest BCUT2D eigenvalue weighted by Gasteiger charge is -2.13. The van der Waals surface area contributed by atoms with Crippen LogP contribution in [0.3, 0.4) is 0 Å². The average molecular weight is 300 g/mol. The molecule has 1 aromatic carbocycles. The Kier molecular flexibility index (Phi) is 3.71. The lowest BCUT2D eigenvalue weighted by Crippen LogP contribution is -2.20. The molecule has 0 saturated heterocycles. The molecule has 0 unspecified atom stereocenters. The second kappa shape index (κ2) is 5.16. The molecule has 0 spiro atoms. The van der Waals surface area contributed by atoms with E-state index < -0.39 is 12.8 Å². The summed E-state index contributed by atoms with van der Waals surface area (Å²) < 4.78 is 41.9. The van der Waals surface area contributed by atoms with Crippen LogP contribution in [0.1, 0.15) is 5.56 Å². The summed E-state index contributed by atoms with van der Waals surface area (Å²) in [6.07, 6.45) is -3.07. The smallest absolute Gasteiger partial charge is 0.422 e. The number of halogens is 3. The summed E-state index contributed by atoms with van der Waals surface area (Å²) in [5.41, 5.74) is 6.94. The molecule has 20 heavy (non-hydrogen) atoms. The molecule has 0 atom stereocenters. The first-order chi connectivity index (χ1) is 9.31. The van der Waals surface area contributed by atoms with Gasteiger partial charge in [-0.25, -0.2) is 0 Å². The van der Waals surface area contributed by atoms with E-state index in [4.69, 9.17) is 22.7 Å². The van der Waals surface area contributed by atoms with Gasteiger partial charge in [0.25, 0.3) is 0 Å². The zero-order valence-electron chi connectivity index (χ0n) is 10.3. The highest BCUT2D eigenvalue weighted by molar-refractivity contribution is 7.71. The van der Waals surface area contributed by atoms with E-state index in [1.54, 1.807) is 18.2 Å². The fourth-order valence-corrected chi connectivity index (χ4v) is 2.11. The van der Waals surface area contributed by atoms with Gasteiger partial charge in [0.2, 0.25) is 0 Å².